The van der Waals surface area contributed by atoms with Gasteiger partial charge < -0.3 is 14.7 Å². The number of rotatable bonds is 4. The Labute approximate surface area is 113 Å². The molecule has 1 aliphatic heterocycles. The molecular formula is C14H23NO4. The van der Waals surface area contributed by atoms with E-state index in [1.807, 2.05) is 4.90 Å². The number of likely N-dealkylation sites (tertiary alicyclic amines) is 1. The Morgan fingerprint density at radius 1 is 1.26 bits per heavy atom. The van der Waals surface area contributed by atoms with Crippen LogP contribution in [0.2, 0.25) is 0 Å². The van der Waals surface area contributed by atoms with Gasteiger partial charge in [-0.25, -0.2) is 0 Å². The number of carboxylic acid groups (broad SMARTS) is 1. The third kappa shape index (κ3) is 2.91. The lowest BCUT2D eigenvalue weighted by Gasteiger charge is -2.42. The molecule has 2 atom stereocenters. The molecule has 2 unspecified atom stereocenters. The lowest BCUT2D eigenvalue weighted by Crippen LogP contribution is -2.50. The lowest BCUT2D eigenvalue weighted by atomic mass is 9.72. The van der Waals surface area contributed by atoms with Crippen LogP contribution in [0.4, 0.5) is 0 Å². The number of nitrogens with zero attached hydrogens (tertiary/aromatic N) is 1. The molecule has 5 heteroatoms. The second-order valence-electron chi connectivity index (χ2n) is 6.20. The third-order valence-electron chi connectivity index (χ3n) is 4.68. The van der Waals surface area contributed by atoms with Crippen LogP contribution in [-0.2, 0) is 14.3 Å². The van der Waals surface area contributed by atoms with Gasteiger partial charge in [-0.3, -0.25) is 9.59 Å². The van der Waals surface area contributed by atoms with Gasteiger partial charge in [0.2, 0.25) is 5.91 Å². The summed E-state index contributed by atoms with van der Waals surface area (Å²) >= 11 is 0. The van der Waals surface area contributed by atoms with Crippen LogP contribution < -0.4 is 0 Å². The predicted molar refractivity (Wildman–Crippen MR) is 69.6 cm³/mol. The molecule has 1 aliphatic carbocycles. The molecule has 2 aliphatic rings. The normalized spacial score (nSPS) is 29.7. The van der Waals surface area contributed by atoms with Crippen molar-refractivity contribution in [3.63, 3.8) is 0 Å². The Hall–Kier alpha value is -1.10. The van der Waals surface area contributed by atoms with E-state index in [0.29, 0.717) is 6.42 Å². The zero-order chi connectivity index (χ0) is 14.0. The van der Waals surface area contributed by atoms with Crippen LogP contribution >= 0.6 is 0 Å². The number of piperidine rings is 1. The van der Waals surface area contributed by atoms with Gasteiger partial charge in [-0.2, -0.15) is 0 Å². The van der Waals surface area contributed by atoms with Crippen molar-refractivity contribution in [2.45, 2.75) is 32.6 Å². The van der Waals surface area contributed by atoms with Gasteiger partial charge in [0.25, 0.3) is 0 Å². The number of carboxylic acids is 1. The SMILES string of the molecule is COCC1(C)CCN(C(=O)C2CCC2C(=O)O)CC1. The first-order chi connectivity index (χ1) is 8.97. The summed E-state index contributed by atoms with van der Waals surface area (Å²) in [7, 11) is 1.70. The van der Waals surface area contributed by atoms with E-state index in [-0.39, 0.29) is 17.2 Å². The van der Waals surface area contributed by atoms with Crippen LogP contribution in [0.1, 0.15) is 32.6 Å². The van der Waals surface area contributed by atoms with Crippen molar-refractivity contribution in [1.29, 1.82) is 0 Å². The van der Waals surface area contributed by atoms with Crippen molar-refractivity contribution in [3.05, 3.63) is 0 Å². The monoisotopic (exact) mass is 269 g/mol. The quantitative estimate of drug-likeness (QED) is 0.837. The van der Waals surface area contributed by atoms with Gasteiger partial charge >= 0.3 is 5.97 Å². The van der Waals surface area contributed by atoms with Gasteiger partial charge in [0.05, 0.1) is 18.4 Å². The van der Waals surface area contributed by atoms with Crippen molar-refractivity contribution in [3.8, 4) is 0 Å². The molecule has 0 aromatic heterocycles. The Balaban J connectivity index is 1.88. The minimum absolute atomic E-state index is 0.0399. The van der Waals surface area contributed by atoms with E-state index < -0.39 is 11.9 Å². The summed E-state index contributed by atoms with van der Waals surface area (Å²) in [4.78, 5) is 25.1. The number of amides is 1. The largest absolute Gasteiger partial charge is 0.481 e. The Kier molecular flexibility index (Phi) is 4.13. The molecule has 0 bridgehead atoms. The zero-order valence-electron chi connectivity index (χ0n) is 11.7. The average Bonchev–Trinajstić information content (AvgIpc) is 2.27. The number of methoxy groups -OCH3 is 1. The minimum atomic E-state index is -0.828. The van der Waals surface area contributed by atoms with Gasteiger partial charge in [0.1, 0.15) is 0 Å². The number of carbonyl (C=O) groups is 2. The summed E-state index contributed by atoms with van der Waals surface area (Å²) in [5.74, 6) is -1.53. The molecule has 0 radical (unpaired) electrons. The molecular weight excluding hydrogens is 246 g/mol. The molecule has 0 aromatic carbocycles. The first kappa shape index (κ1) is 14.3. The lowest BCUT2D eigenvalue weighted by molar-refractivity contribution is -0.157. The molecule has 1 saturated carbocycles. The fraction of sp³-hybridized carbons (Fsp3) is 0.857. The van der Waals surface area contributed by atoms with E-state index in [0.717, 1.165) is 39.0 Å². The van der Waals surface area contributed by atoms with Gasteiger partial charge in [-0.15, -0.1) is 0 Å². The fourth-order valence-electron chi connectivity index (χ4n) is 3.09. The molecule has 2 fully saturated rings. The van der Waals surface area contributed by atoms with Crippen molar-refractivity contribution >= 4 is 11.9 Å². The van der Waals surface area contributed by atoms with Gasteiger partial charge in [-0.05, 0) is 31.1 Å². The summed E-state index contributed by atoms with van der Waals surface area (Å²) < 4.78 is 5.23. The highest BCUT2D eigenvalue weighted by atomic mass is 16.5. The first-order valence-electron chi connectivity index (χ1n) is 6.97. The molecule has 0 aromatic rings. The maximum absolute atomic E-state index is 12.3. The Morgan fingerprint density at radius 2 is 1.84 bits per heavy atom. The fourth-order valence-corrected chi connectivity index (χ4v) is 3.09. The van der Waals surface area contributed by atoms with Crippen molar-refractivity contribution in [2.24, 2.45) is 17.3 Å². The summed E-state index contributed by atoms with van der Waals surface area (Å²) in [5.41, 5.74) is 0.150. The van der Waals surface area contributed by atoms with E-state index >= 15 is 0 Å². The smallest absolute Gasteiger partial charge is 0.307 e. The molecule has 1 heterocycles. The number of hydrogen-bond acceptors (Lipinski definition) is 3. The predicted octanol–water partition coefficient (Wildman–Crippen LogP) is 1.37. The topological polar surface area (TPSA) is 66.8 Å². The molecule has 1 amide bonds. The average molecular weight is 269 g/mol. The standard InChI is InChI=1S/C14H23NO4/c1-14(9-19-2)5-7-15(8-6-14)12(16)10-3-4-11(10)13(17)18/h10-11H,3-9H2,1-2H3,(H,17,18). The zero-order valence-corrected chi connectivity index (χ0v) is 11.7. The second-order valence-corrected chi connectivity index (χ2v) is 6.20. The number of carbonyl (C=O) groups excluding carboxylic acids is 1. The van der Waals surface area contributed by atoms with Crippen LogP contribution in [0.3, 0.4) is 0 Å². The highest BCUT2D eigenvalue weighted by Gasteiger charge is 2.44. The first-order valence-corrected chi connectivity index (χ1v) is 6.97. The van der Waals surface area contributed by atoms with Crippen LogP contribution in [-0.4, -0.2) is 48.7 Å². The highest BCUT2D eigenvalue weighted by Crippen LogP contribution is 2.38. The van der Waals surface area contributed by atoms with Crippen LogP contribution in [0.5, 0.6) is 0 Å². The number of hydrogen-bond donors (Lipinski definition) is 1. The van der Waals surface area contributed by atoms with Crippen LogP contribution in [0.25, 0.3) is 0 Å². The molecule has 1 N–H and O–H groups in total. The van der Waals surface area contributed by atoms with Gasteiger partial charge in [0, 0.05) is 20.2 Å². The van der Waals surface area contributed by atoms with Crippen molar-refractivity contribution in [1.82, 2.24) is 4.90 Å². The maximum atomic E-state index is 12.3. The second kappa shape index (κ2) is 5.49. The molecule has 5 nitrogen and oxygen atoms in total. The van der Waals surface area contributed by atoms with E-state index in [2.05, 4.69) is 6.92 Å². The molecule has 19 heavy (non-hydrogen) atoms. The van der Waals surface area contributed by atoms with E-state index in [1.54, 1.807) is 7.11 Å². The Bertz CT molecular complexity index is 360. The highest BCUT2D eigenvalue weighted by molar-refractivity contribution is 5.86. The van der Waals surface area contributed by atoms with Crippen LogP contribution in [0, 0.1) is 17.3 Å². The minimum Gasteiger partial charge on any atom is -0.481 e. The maximum Gasteiger partial charge on any atom is 0.307 e. The number of aliphatic carboxylic acids is 1. The van der Waals surface area contributed by atoms with E-state index in [4.69, 9.17) is 9.84 Å². The van der Waals surface area contributed by atoms with E-state index in [1.165, 1.54) is 0 Å². The Morgan fingerprint density at radius 3 is 2.26 bits per heavy atom. The summed E-state index contributed by atoms with van der Waals surface area (Å²) in [5, 5.41) is 9.02. The van der Waals surface area contributed by atoms with E-state index in [9.17, 15) is 9.59 Å². The summed E-state index contributed by atoms with van der Waals surface area (Å²) in [6, 6.07) is 0. The summed E-state index contributed by atoms with van der Waals surface area (Å²) in [6.07, 6.45) is 3.22. The molecule has 108 valence electrons. The van der Waals surface area contributed by atoms with Gasteiger partial charge in [-0.1, -0.05) is 6.92 Å². The molecule has 0 spiro atoms. The number of ether oxygens (including phenoxy) is 1. The van der Waals surface area contributed by atoms with Crippen molar-refractivity contribution in [2.75, 3.05) is 26.8 Å². The summed E-state index contributed by atoms with van der Waals surface area (Å²) in [6.45, 7) is 4.35. The molecule has 1 saturated heterocycles. The van der Waals surface area contributed by atoms with Crippen LogP contribution in [0.15, 0.2) is 0 Å². The molecule has 2 rings (SSSR count). The van der Waals surface area contributed by atoms with Crippen molar-refractivity contribution < 1.29 is 19.4 Å². The van der Waals surface area contributed by atoms with Gasteiger partial charge in [0.15, 0.2) is 0 Å². The third-order valence-corrected chi connectivity index (χ3v) is 4.68.